The molecule has 1 rings (SSSR count). The highest BCUT2D eigenvalue weighted by Gasteiger charge is 2.25. The second-order valence-corrected chi connectivity index (χ2v) is 5.43. The van der Waals surface area contributed by atoms with Gasteiger partial charge in [-0.25, -0.2) is 0 Å². The van der Waals surface area contributed by atoms with Gasteiger partial charge in [-0.1, -0.05) is 31.1 Å². The molecule has 1 atom stereocenters. The summed E-state index contributed by atoms with van der Waals surface area (Å²) in [5.74, 6) is 0.656. The van der Waals surface area contributed by atoms with Crippen LogP contribution in [0.25, 0.3) is 0 Å². The molecule has 0 spiro atoms. The zero-order valence-electron chi connectivity index (χ0n) is 11.5. The maximum absolute atomic E-state index is 10.6. The van der Waals surface area contributed by atoms with Gasteiger partial charge >= 0.3 is 5.97 Å². The topological polar surface area (TPSA) is 26.3 Å². The Bertz CT molecular complexity index is 316. The summed E-state index contributed by atoms with van der Waals surface area (Å²) in [7, 11) is 0. The molecule has 1 heterocycles. The number of hydrogen-bond acceptors (Lipinski definition) is 2. The second-order valence-electron chi connectivity index (χ2n) is 5.43. The van der Waals surface area contributed by atoms with Crippen molar-refractivity contribution in [2.24, 2.45) is 5.92 Å². The minimum atomic E-state index is -0.0771. The quantitative estimate of drug-likeness (QED) is 0.514. The molecule has 96 valence electrons. The zero-order valence-corrected chi connectivity index (χ0v) is 11.5. The summed E-state index contributed by atoms with van der Waals surface area (Å²) >= 11 is 0. The highest BCUT2D eigenvalue weighted by atomic mass is 16.6. The van der Waals surface area contributed by atoms with Crippen molar-refractivity contribution in [3.8, 4) is 0 Å². The van der Waals surface area contributed by atoms with E-state index in [0.717, 1.165) is 18.8 Å². The number of allylic oxidation sites excluding steroid dienone is 3. The molecule has 0 aromatic rings. The van der Waals surface area contributed by atoms with Gasteiger partial charge in [0.2, 0.25) is 0 Å². The number of ether oxygens (including phenoxy) is 1. The summed E-state index contributed by atoms with van der Waals surface area (Å²) in [6, 6.07) is 0. The highest BCUT2D eigenvalue weighted by Crippen LogP contribution is 2.18. The Morgan fingerprint density at radius 3 is 2.59 bits per heavy atom. The summed E-state index contributed by atoms with van der Waals surface area (Å²) < 4.78 is 4.96. The highest BCUT2D eigenvalue weighted by molar-refractivity contribution is 5.75. The Hall–Kier alpha value is -1.05. The van der Waals surface area contributed by atoms with Crippen LogP contribution < -0.4 is 0 Å². The smallest absolute Gasteiger partial charge is 0.310 e. The van der Waals surface area contributed by atoms with Gasteiger partial charge in [-0.2, -0.15) is 0 Å². The van der Waals surface area contributed by atoms with Crippen molar-refractivity contribution >= 4 is 5.97 Å². The van der Waals surface area contributed by atoms with Crippen LogP contribution in [-0.2, 0) is 9.53 Å². The SMILES string of the molecule is C/C(=C\C1CC(=O)O1)CC/C=C(\C)CC(C)C. The predicted octanol–water partition coefficient (Wildman–Crippen LogP) is 4.02. The molecule has 1 fully saturated rings. The number of rotatable bonds is 6. The molecule has 0 aromatic heterocycles. The molecule has 0 amide bonds. The molecule has 1 unspecified atom stereocenters. The summed E-state index contributed by atoms with van der Waals surface area (Å²) in [6.45, 7) is 8.80. The van der Waals surface area contributed by atoms with Crippen molar-refractivity contribution in [2.45, 2.75) is 59.5 Å². The second kappa shape index (κ2) is 6.63. The molecule has 0 aliphatic carbocycles. The van der Waals surface area contributed by atoms with Crippen molar-refractivity contribution in [2.75, 3.05) is 0 Å². The fourth-order valence-corrected chi connectivity index (χ4v) is 2.09. The molecular formula is C15H24O2. The van der Waals surface area contributed by atoms with E-state index in [9.17, 15) is 4.79 Å². The van der Waals surface area contributed by atoms with Crippen LogP contribution in [0.3, 0.4) is 0 Å². The van der Waals surface area contributed by atoms with Gasteiger partial charge in [0.05, 0.1) is 6.42 Å². The number of hydrogen-bond donors (Lipinski definition) is 0. The van der Waals surface area contributed by atoms with Gasteiger partial charge in [-0.05, 0) is 45.1 Å². The zero-order chi connectivity index (χ0) is 12.8. The Kier molecular flexibility index (Phi) is 5.46. The summed E-state index contributed by atoms with van der Waals surface area (Å²) in [6.07, 6.45) is 8.33. The number of cyclic esters (lactones) is 1. The van der Waals surface area contributed by atoms with Crippen LogP contribution in [0.15, 0.2) is 23.3 Å². The van der Waals surface area contributed by atoms with Gasteiger partial charge in [0, 0.05) is 0 Å². The maximum Gasteiger partial charge on any atom is 0.310 e. The predicted molar refractivity (Wildman–Crippen MR) is 70.7 cm³/mol. The minimum absolute atomic E-state index is 0.0447. The molecule has 17 heavy (non-hydrogen) atoms. The van der Waals surface area contributed by atoms with Crippen LogP contribution in [0, 0.1) is 5.92 Å². The van der Waals surface area contributed by atoms with Crippen molar-refractivity contribution in [3.05, 3.63) is 23.3 Å². The molecule has 1 saturated heterocycles. The van der Waals surface area contributed by atoms with E-state index in [0.29, 0.717) is 6.42 Å². The van der Waals surface area contributed by atoms with Crippen LogP contribution in [0.5, 0.6) is 0 Å². The van der Waals surface area contributed by atoms with E-state index >= 15 is 0 Å². The van der Waals surface area contributed by atoms with Crippen LogP contribution in [0.1, 0.15) is 53.4 Å². The van der Waals surface area contributed by atoms with Crippen LogP contribution >= 0.6 is 0 Å². The lowest BCUT2D eigenvalue weighted by atomic mass is 10.0. The van der Waals surface area contributed by atoms with Crippen molar-refractivity contribution in [1.82, 2.24) is 0 Å². The Labute approximate surface area is 105 Å². The van der Waals surface area contributed by atoms with E-state index in [1.807, 2.05) is 0 Å². The third kappa shape index (κ3) is 5.71. The molecule has 0 bridgehead atoms. The Morgan fingerprint density at radius 2 is 2.06 bits per heavy atom. The largest absolute Gasteiger partial charge is 0.457 e. The lowest BCUT2D eigenvalue weighted by molar-refractivity contribution is -0.164. The van der Waals surface area contributed by atoms with Gasteiger partial charge in [0.25, 0.3) is 0 Å². The van der Waals surface area contributed by atoms with E-state index < -0.39 is 0 Å². The molecular weight excluding hydrogens is 212 g/mol. The minimum Gasteiger partial charge on any atom is -0.457 e. The number of carbonyl (C=O) groups is 1. The third-order valence-electron chi connectivity index (χ3n) is 2.88. The van der Waals surface area contributed by atoms with Crippen molar-refractivity contribution in [1.29, 1.82) is 0 Å². The summed E-state index contributed by atoms with van der Waals surface area (Å²) in [5, 5.41) is 0. The molecule has 0 radical (unpaired) electrons. The fraction of sp³-hybridized carbons (Fsp3) is 0.667. The lowest BCUT2D eigenvalue weighted by Crippen LogP contribution is -2.30. The standard InChI is InChI=1S/C15H24O2/c1-11(2)8-12(3)6-5-7-13(4)9-14-10-15(16)17-14/h6,9,11,14H,5,7-8,10H2,1-4H3/b12-6+,13-9+. The van der Waals surface area contributed by atoms with E-state index in [2.05, 4.69) is 39.8 Å². The van der Waals surface area contributed by atoms with Crippen molar-refractivity contribution in [3.63, 3.8) is 0 Å². The maximum atomic E-state index is 10.6. The van der Waals surface area contributed by atoms with Gasteiger partial charge in [0.1, 0.15) is 6.10 Å². The normalized spacial score (nSPS) is 21.5. The molecule has 2 nitrogen and oxygen atoms in total. The number of esters is 1. The van der Waals surface area contributed by atoms with Crippen LogP contribution in [-0.4, -0.2) is 12.1 Å². The molecule has 1 aliphatic heterocycles. The average Bonchev–Trinajstić information content (AvgIpc) is 2.14. The Morgan fingerprint density at radius 1 is 1.41 bits per heavy atom. The van der Waals surface area contributed by atoms with Gasteiger partial charge in [-0.15, -0.1) is 0 Å². The first-order valence-corrected chi connectivity index (χ1v) is 6.49. The summed E-state index contributed by atoms with van der Waals surface area (Å²) in [5.41, 5.74) is 2.79. The van der Waals surface area contributed by atoms with Crippen molar-refractivity contribution < 1.29 is 9.53 Å². The van der Waals surface area contributed by atoms with Gasteiger partial charge < -0.3 is 4.74 Å². The van der Waals surface area contributed by atoms with E-state index in [4.69, 9.17) is 4.74 Å². The van der Waals surface area contributed by atoms with Gasteiger partial charge in [-0.3, -0.25) is 4.79 Å². The monoisotopic (exact) mass is 236 g/mol. The van der Waals surface area contributed by atoms with Gasteiger partial charge in [0.15, 0.2) is 0 Å². The lowest BCUT2D eigenvalue weighted by Gasteiger charge is -2.23. The molecule has 0 aromatic carbocycles. The molecule has 2 heteroatoms. The van der Waals surface area contributed by atoms with E-state index in [-0.39, 0.29) is 12.1 Å². The fourth-order valence-electron chi connectivity index (χ4n) is 2.09. The van der Waals surface area contributed by atoms with Crippen LogP contribution in [0.2, 0.25) is 0 Å². The molecule has 1 aliphatic rings. The Balaban J connectivity index is 2.23. The summed E-state index contributed by atoms with van der Waals surface area (Å²) in [4.78, 5) is 10.6. The molecule has 0 N–H and O–H groups in total. The van der Waals surface area contributed by atoms with Crippen LogP contribution in [0.4, 0.5) is 0 Å². The first-order valence-electron chi connectivity index (χ1n) is 6.49. The number of carbonyl (C=O) groups excluding carboxylic acids is 1. The first kappa shape index (κ1) is 14.0. The molecule has 0 saturated carbocycles. The third-order valence-corrected chi connectivity index (χ3v) is 2.88. The van der Waals surface area contributed by atoms with E-state index in [1.54, 1.807) is 0 Å². The van der Waals surface area contributed by atoms with E-state index in [1.165, 1.54) is 17.6 Å². The average molecular weight is 236 g/mol. The first-order chi connectivity index (χ1) is 7.97.